The normalized spacial score (nSPS) is 12.1. The van der Waals surface area contributed by atoms with Gasteiger partial charge in [0.15, 0.2) is 5.82 Å². The van der Waals surface area contributed by atoms with Crippen LogP contribution in [0.3, 0.4) is 0 Å². The molecule has 0 spiro atoms. The molecule has 0 atom stereocenters. The molecule has 0 unspecified atom stereocenters. The maximum Gasteiger partial charge on any atom is 0.157 e. The van der Waals surface area contributed by atoms with E-state index in [1.54, 1.807) is 6.20 Å². The molecule has 7 heteroatoms. The summed E-state index contributed by atoms with van der Waals surface area (Å²) < 4.78 is 0. The van der Waals surface area contributed by atoms with Gasteiger partial charge in [-0.2, -0.15) is 0 Å². The molecule has 1 N–H and O–H groups in total. The van der Waals surface area contributed by atoms with E-state index in [0.29, 0.717) is 28.6 Å². The predicted octanol–water partition coefficient (Wildman–Crippen LogP) is 10.6. The Bertz CT molecular complexity index is 2100. The fourth-order valence-electron chi connectivity index (χ4n) is 5.75. The van der Waals surface area contributed by atoms with Crippen molar-refractivity contribution in [2.75, 3.05) is 4.90 Å². The summed E-state index contributed by atoms with van der Waals surface area (Å²) in [5.74, 6) is 2.53. The largest absolute Gasteiger partial charge is 0.507 e. The second-order valence-electron chi connectivity index (χ2n) is 15.4. The Kier molecular flexibility index (Phi) is 9.87. The average Bonchev–Trinajstić information content (AvgIpc) is 3.04. The fourth-order valence-corrected chi connectivity index (χ4v) is 5.75. The van der Waals surface area contributed by atoms with Crippen LogP contribution in [0.5, 0.6) is 5.75 Å². The molecule has 0 radical (unpaired) electrons. The minimum Gasteiger partial charge on any atom is -0.507 e. The number of phenols is 1. The first-order chi connectivity index (χ1) is 22.6. The molecule has 0 bridgehead atoms. The Labute approximate surface area is 305 Å². The number of rotatable bonds is 5. The van der Waals surface area contributed by atoms with E-state index in [9.17, 15) is 5.11 Å². The second-order valence-corrected chi connectivity index (χ2v) is 15.4. The van der Waals surface area contributed by atoms with Gasteiger partial charge in [-0.05, 0) is 51.7 Å². The van der Waals surface area contributed by atoms with Crippen molar-refractivity contribution in [3.8, 4) is 28.5 Å². The first kappa shape index (κ1) is 35.9. The van der Waals surface area contributed by atoms with E-state index in [1.807, 2.05) is 42.5 Å². The van der Waals surface area contributed by atoms with Crippen molar-refractivity contribution < 1.29 is 26.2 Å². The van der Waals surface area contributed by atoms with Crippen LogP contribution in [0.25, 0.3) is 33.5 Å². The summed E-state index contributed by atoms with van der Waals surface area (Å²) in [7, 11) is 0. The first-order valence-corrected chi connectivity index (χ1v) is 16.5. The monoisotopic (exact) mass is 829 g/mol. The summed E-state index contributed by atoms with van der Waals surface area (Å²) >= 11 is 0. The van der Waals surface area contributed by atoms with Crippen LogP contribution in [-0.4, -0.2) is 25.0 Å². The zero-order valence-electron chi connectivity index (χ0n) is 29.7. The molecule has 6 aromatic rings. The van der Waals surface area contributed by atoms with Crippen molar-refractivity contribution in [3.63, 3.8) is 0 Å². The van der Waals surface area contributed by atoms with Crippen LogP contribution in [-0.2, 0) is 37.3 Å². The SMILES string of the molecule is CC(C)(C)c1cc(-c2nc(-c3[c-]c(N(c4ccccn4)c4cccc5ccccc45)ccc3)nc(C(C)(C)C)n2)c(O)c(C(C)(C)C)c1.[Pt]. The van der Waals surface area contributed by atoms with Crippen molar-refractivity contribution in [1.29, 1.82) is 0 Å². The molecule has 6 rings (SSSR count). The molecule has 6 nitrogen and oxygen atoms in total. The third-order valence-corrected chi connectivity index (χ3v) is 8.48. The van der Waals surface area contributed by atoms with Gasteiger partial charge in [-0.3, -0.25) is 9.97 Å². The van der Waals surface area contributed by atoms with Gasteiger partial charge >= 0.3 is 0 Å². The summed E-state index contributed by atoms with van der Waals surface area (Å²) in [5, 5.41) is 14.0. The van der Waals surface area contributed by atoms with Gasteiger partial charge in [0, 0.05) is 43.6 Å². The summed E-state index contributed by atoms with van der Waals surface area (Å²) in [4.78, 5) is 21.9. The van der Waals surface area contributed by atoms with Crippen LogP contribution in [0.2, 0.25) is 0 Å². The van der Waals surface area contributed by atoms with Crippen molar-refractivity contribution in [2.45, 2.75) is 78.6 Å². The van der Waals surface area contributed by atoms with Crippen molar-refractivity contribution in [3.05, 3.63) is 120 Å². The van der Waals surface area contributed by atoms with E-state index in [1.165, 1.54) is 0 Å². The zero-order valence-corrected chi connectivity index (χ0v) is 32.0. The number of hydrogen-bond acceptors (Lipinski definition) is 6. The van der Waals surface area contributed by atoms with Crippen molar-refractivity contribution >= 4 is 28.0 Å². The van der Waals surface area contributed by atoms with Gasteiger partial charge in [0.2, 0.25) is 0 Å². The van der Waals surface area contributed by atoms with Gasteiger partial charge in [0.1, 0.15) is 17.4 Å². The molecule has 0 aliphatic heterocycles. The third-order valence-electron chi connectivity index (χ3n) is 8.48. The molecule has 0 saturated heterocycles. The van der Waals surface area contributed by atoms with E-state index >= 15 is 0 Å². The molecular weight excluding hydrogens is 786 g/mol. The first-order valence-electron chi connectivity index (χ1n) is 16.5. The standard InChI is InChI=1S/C42H44N5O.Pt/c1-40(2,3)29-25-32(36(48)33(26-29)41(4,5)6)38-44-37(45-39(46-38)42(7,8)9)28-18-14-19-30(24-28)47(35-22-12-13-23-43-35)34-21-15-17-27-16-10-11-20-31(27)34;/h10-23,25-26,48H,1-9H3;/q-1;. The molecule has 0 saturated carbocycles. The van der Waals surface area contributed by atoms with Crippen LogP contribution in [0.4, 0.5) is 17.2 Å². The molecule has 0 aliphatic carbocycles. The number of benzene rings is 4. The predicted molar refractivity (Wildman–Crippen MR) is 197 cm³/mol. The maximum absolute atomic E-state index is 11.8. The van der Waals surface area contributed by atoms with Gasteiger partial charge < -0.3 is 10.0 Å². The number of fused-ring (bicyclic) bond motifs is 1. The summed E-state index contributed by atoms with van der Waals surface area (Å²) in [6.45, 7) is 19.1. The van der Waals surface area contributed by atoms with Gasteiger partial charge in [-0.1, -0.05) is 111 Å². The number of anilines is 3. The Morgan fingerprint density at radius 1 is 0.653 bits per heavy atom. The Morgan fingerprint density at radius 2 is 1.33 bits per heavy atom. The molecule has 2 heterocycles. The quantitative estimate of drug-likeness (QED) is 0.175. The molecule has 0 fully saturated rings. The molecule has 0 aliphatic rings. The molecule has 0 amide bonds. The summed E-state index contributed by atoms with van der Waals surface area (Å²) in [6.07, 6.45) is 1.80. The molecule has 49 heavy (non-hydrogen) atoms. The number of aromatic hydroxyl groups is 1. The van der Waals surface area contributed by atoms with E-state index < -0.39 is 0 Å². The zero-order chi connectivity index (χ0) is 34.4. The van der Waals surface area contributed by atoms with Crippen LogP contribution in [0, 0.1) is 6.07 Å². The Hall–Kier alpha value is -4.41. The van der Waals surface area contributed by atoms with Crippen molar-refractivity contribution in [2.24, 2.45) is 0 Å². The van der Waals surface area contributed by atoms with E-state index in [2.05, 4.69) is 122 Å². The Morgan fingerprint density at radius 3 is 2.00 bits per heavy atom. The number of nitrogens with zero attached hydrogens (tertiary/aromatic N) is 5. The molecule has 4 aromatic carbocycles. The van der Waals surface area contributed by atoms with Gasteiger partial charge in [-0.15, -0.1) is 29.8 Å². The average molecular weight is 830 g/mol. The number of aromatic nitrogens is 4. The summed E-state index contributed by atoms with van der Waals surface area (Å²) in [5.41, 5.74) is 4.25. The van der Waals surface area contributed by atoms with Gasteiger partial charge in [0.05, 0.1) is 17.1 Å². The van der Waals surface area contributed by atoms with E-state index in [0.717, 1.165) is 39.1 Å². The van der Waals surface area contributed by atoms with Crippen LogP contribution in [0.1, 0.15) is 79.3 Å². The fraction of sp³-hybridized carbons (Fsp3) is 0.286. The van der Waals surface area contributed by atoms with E-state index in [4.69, 9.17) is 19.9 Å². The summed E-state index contributed by atoms with van der Waals surface area (Å²) in [6, 6.07) is 34.3. The minimum absolute atomic E-state index is 0. The smallest absolute Gasteiger partial charge is 0.157 e. The maximum atomic E-state index is 11.8. The minimum atomic E-state index is -0.378. The van der Waals surface area contributed by atoms with Crippen molar-refractivity contribution in [1.82, 2.24) is 19.9 Å². The number of phenolic OH excluding ortho intramolecular Hbond substituents is 1. The van der Waals surface area contributed by atoms with Crippen LogP contribution < -0.4 is 4.90 Å². The van der Waals surface area contributed by atoms with Crippen LogP contribution >= 0.6 is 0 Å². The van der Waals surface area contributed by atoms with E-state index in [-0.39, 0.29) is 43.1 Å². The topological polar surface area (TPSA) is 75.0 Å². The van der Waals surface area contributed by atoms with Crippen LogP contribution in [0.15, 0.2) is 97.2 Å². The van der Waals surface area contributed by atoms with Gasteiger partial charge in [-0.25, -0.2) is 9.97 Å². The number of pyridine rings is 1. The molecule has 254 valence electrons. The third kappa shape index (κ3) is 7.45. The second kappa shape index (κ2) is 13.5. The van der Waals surface area contributed by atoms with Gasteiger partial charge in [0.25, 0.3) is 0 Å². The molecular formula is C42H44N5OPt-. The molecule has 2 aromatic heterocycles. The number of hydrogen-bond donors (Lipinski definition) is 1. The Balaban J connectivity index is 0.00000468.